The largest absolute Gasteiger partial charge is 0.481 e. The molecule has 0 aromatic carbocycles. The van der Waals surface area contributed by atoms with Crippen molar-refractivity contribution in [1.82, 2.24) is 0 Å². The predicted octanol–water partition coefficient (Wildman–Crippen LogP) is 12.4. The Morgan fingerprint density at radius 2 is 0.675 bits per heavy atom. The van der Waals surface area contributed by atoms with Gasteiger partial charge >= 0.3 is 11.9 Å². The number of hydrogen-bond acceptors (Lipinski definition) is 3. The Kier molecular flexibility index (Phi) is 39.0. The molecule has 0 saturated carbocycles. The summed E-state index contributed by atoms with van der Waals surface area (Å²) < 4.78 is 4.91. The number of unbranched alkanes of at least 4 members (excludes halogenated alkanes) is 27. The van der Waals surface area contributed by atoms with Crippen LogP contribution in [-0.2, 0) is 14.3 Å². The molecule has 0 amide bonds. The van der Waals surface area contributed by atoms with Gasteiger partial charge in [0.05, 0.1) is 6.61 Å². The summed E-state index contributed by atoms with van der Waals surface area (Å²) in [6.07, 6.45) is 39.2. The molecular formula is C36H72O4. The van der Waals surface area contributed by atoms with Crippen molar-refractivity contribution in [2.75, 3.05) is 6.61 Å². The molecule has 0 heterocycles. The first kappa shape index (κ1) is 41.1. The summed E-state index contributed by atoms with van der Waals surface area (Å²) >= 11 is 0. The summed E-state index contributed by atoms with van der Waals surface area (Å²) in [5, 5.41) is 8.52. The van der Waals surface area contributed by atoms with Gasteiger partial charge in [0.1, 0.15) is 0 Å². The van der Waals surface area contributed by atoms with E-state index in [0.717, 1.165) is 19.3 Å². The van der Waals surface area contributed by atoms with Gasteiger partial charge in [0, 0.05) is 13.3 Å². The summed E-state index contributed by atoms with van der Waals surface area (Å²) in [5.74, 6) is -0.806. The van der Waals surface area contributed by atoms with Crippen LogP contribution in [0.2, 0.25) is 0 Å². The standard InChI is InChI=1S/2C18H36O2/c1-3-4-5-6-7-8-9-10-11-12-13-14-15-16-17-20-18(2)19;1-2-3-4-5-6-7-8-9-10-11-12-13-14-15-16-17-18(19)20/h3-17H2,1-2H3;2-17H2,1H3,(H,19,20). The van der Waals surface area contributed by atoms with Gasteiger partial charge in [0.25, 0.3) is 0 Å². The first-order valence-corrected chi connectivity index (χ1v) is 17.9. The smallest absolute Gasteiger partial charge is 0.303 e. The van der Waals surface area contributed by atoms with E-state index < -0.39 is 5.97 Å². The fourth-order valence-electron chi connectivity index (χ4n) is 5.16. The Morgan fingerprint density at radius 3 is 0.925 bits per heavy atom. The zero-order chi connectivity index (χ0) is 29.8. The second kappa shape index (κ2) is 37.9. The highest BCUT2D eigenvalue weighted by molar-refractivity contribution is 5.66. The van der Waals surface area contributed by atoms with Crippen LogP contribution in [0.5, 0.6) is 0 Å². The Bertz CT molecular complexity index is 447. The molecule has 4 nitrogen and oxygen atoms in total. The van der Waals surface area contributed by atoms with Gasteiger partial charge in [-0.15, -0.1) is 0 Å². The fourth-order valence-corrected chi connectivity index (χ4v) is 5.16. The Balaban J connectivity index is 0. The molecule has 0 saturated heterocycles. The first-order chi connectivity index (χ1) is 19.5. The van der Waals surface area contributed by atoms with Crippen LogP contribution in [0.4, 0.5) is 0 Å². The van der Waals surface area contributed by atoms with Gasteiger partial charge in [0.15, 0.2) is 0 Å². The van der Waals surface area contributed by atoms with Crippen LogP contribution in [0.25, 0.3) is 0 Å². The average molecular weight is 569 g/mol. The van der Waals surface area contributed by atoms with Gasteiger partial charge < -0.3 is 9.84 Å². The molecule has 0 aromatic rings. The van der Waals surface area contributed by atoms with Crippen molar-refractivity contribution in [3.63, 3.8) is 0 Å². The number of carbonyl (C=O) groups is 2. The number of carboxylic acids is 1. The van der Waals surface area contributed by atoms with Crippen LogP contribution < -0.4 is 0 Å². The highest BCUT2D eigenvalue weighted by Crippen LogP contribution is 2.14. The summed E-state index contributed by atoms with van der Waals surface area (Å²) in [5.41, 5.74) is 0. The second-order valence-corrected chi connectivity index (χ2v) is 12.0. The Hall–Kier alpha value is -1.06. The van der Waals surface area contributed by atoms with Crippen LogP contribution in [-0.4, -0.2) is 23.7 Å². The zero-order valence-electron chi connectivity index (χ0n) is 27.6. The van der Waals surface area contributed by atoms with E-state index in [4.69, 9.17) is 9.84 Å². The topological polar surface area (TPSA) is 63.6 Å². The number of carbonyl (C=O) groups excluding carboxylic acids is 1. The number of carboxylic acid groups (broad SMARTS) is 1. The minimum Gasteiger partial charge on any atom is -0.481 e. The van der Waals surface area contributed by atoms with Gasteiger partial charge in [-0.3, -0.25) is 9.59 Å². The molecule has 0 aromatic heterocycles. The molecule has 0 atom stereocenters. The van der Waals surface area contributed by atoms with Crippen molar-refractivity contribution in [3.05, 3.63) is 0 Å². The van der Waals surface area contributed by atoms with E-state index >= 15 is 0 Å². The second-order valence-electron chi connectivity index (χ2n) is 12.0. The summed E-state index contributed by atoms with van der Waals surface area (Å²) in [6, 6.07) is 0. The number of aliphatic carboxylic acids is 1. The summed E-state index contributed by atoms with van der Waals surface area (Å²) in [4.78, 5) is 20.9. The lowest BCUT2D eigenvalue weighted by Gasteiger charge is -2.03. The third-order valence-electron chi connectivity index (χ3n) is 7.80. The zero-order valence-corrected chi connectivity index (χ0v) is 27.6. The Labute approximate surface area is 251 Å². The van der Waals surface area contributed by atoms with Crippen LogP contribution >= 0.6 is 0 Å². The minimum atomic E-state index is -0.653. The highest BCUT2D eigenvalue weighted by Gasteiger charge is 1.98. The maximum absolute atomic E-state index is 10.6. The molecule has 0 aliphatic heterocycles. The normalized spacial score (nSPS) is 10.8. The van der Waals surface area contributed by atoms with E-state index in [0.29, 0.717) is 13.0 Å². The predicted molar refractivity (Wildman–Crippen MR) is 174 cm³/mol. The molecule has 0 bridgehead atoms. The maximum Gasteiger partial charge on any atom is 0.303 e. The van der Waals surface area contributed by atoms with Gasteiger partial charge in [-0.05, 0) is 12.8 Å². The average Bonchev–Trinajstić information content (AvgIpc) is 2.93. The van der Waals surface area contributed by atoms with Gasteiger partial charge in [-0.1, -0.05) is 187 Å². The third-order valence-corrected chi connectivity index (χ3v) is 7.80. The van der Waals surface area contributed by atoms with E-state index in [1.54, 1.807) is 0 Å². The molecule has 0 spiro atoms. The molecule has 0 rings (SSSR count). The molecular weight excluding hydrogens is 496 g/mol. The number of esters is 1. The monoisotopic (exact) mass is 569 g/mol. The molecule has 0 aliphatic carbocycles. The molecule has 0 unspecified atom stereocenters. The van der Waals surface area contributed by atoms with Crippen LogP contribution in [0.3, 0.4) is 0 Å². The molecule has 0 aliphatic rings. The lowest BCUT2D eigenvalue weighted by atomic mass is 10.0. The number of ether oxygens (including phenoxy) is 1. The van der Waals surface area contributed by atoms with E-state index in [-0.39, 0.29) is 5.97 Å². The molecule has 4 heteroatoms. The van der Waals surface area contributed by atoms with Crippen LogP contribution in [0.1, 0.15) is 213 Å². The van der Waals surface area contributed by atoms with Gasteiger partial charge in [0.2, 0.25) is 0 Å². The number of rotatable bonds is 31. The lowest BCUT2D eigenvalue weighted by molar-refractivity contribution is -0.141. The summed E-state index contributed by atoms with van der Waals surface area (Å²) in [7, 11) is 0. The van der Waals surface area contributed by atoms with E-state index in [1.807, 2.05) is 0 Å². The van der Waals surface area contributed by atoms with Crippen molar-refractivity contribution in [2.45, 2.75) is 213 Å². The van der Waals surface area contributed by atoms with E-state index in [2.05, 4.69) is 13.8 Å². The quantitative estimate of drug-likeness (QED) is 0.0667. The fraction of sp³-hybridized carbons (Fsp3) is 0.944. The SMILES string of the molecule is CCCCCCCCCCCCCCCCCC(=O)O.CCCCCCCCCCCCCCCCOC(C)=O. The first-order valence-electron chi connectivity index (χ1n) is 17.9. The minimum absolute atomic E-state index is 0.153. The van der Waals surface area contributed by atoms with E-state index in [9.17, 15) is 9.59 Å². The molecule has 0 radical (unpaired) electrons. The highest BCUT2D eigenvalue weighted by atomic mass is 16.5. The molecule has 0 fully saturated rings. The molecule has 40 heavy (non-hydrogen) atoms. The molecule has 1 N–H and O–H groups in total. The maximum atomic E-state index is 10.6. The van der Waals surface area contributed by atoms with Gasteiger partial charge in [-0.2, -0.15) is 0 Å². The van der Waals surface area contributed by atoms with Gasteiger partial charge in [-0.25, -0.2) is 0 Å². The van der Waals surface area contributed by atoms with E-state index in [1.165, 1.54) is 174 Å². The van der Waals surface area contributed by atoms with Crippen molar-refractivity contribution < 1.29 is 19.4 Å². The van der Waals surface area contributed by atoms with Crippen LogP contribution in [0, 0.1) is 0 Å². The van der Waals surface area contributed by atoms with Crippen molar-refractivity contribution in [1.29, 1.82) is 0 Å². The van der Waals surface area contributed by atoms with Crippen molar-refractivity contribution in [2.24, 2.45) is 0 Å². The van der Waals surface area contributed by atoms with Crippen molar-refractivity contribution >= 4 is 11.9 Å². The third kappa shape index (κ3) is 44.0. The Morgan fingerprint density at radius 1 is 0.425 bits per heavy atom. The summed E-state index contributed by atoms with van der Waals surface area (Å²) in [6.45, 7) is 6.62. The lowest BCUT2D eigenvalue weighted by Crippen LogP contribution is -2.00. The van der Waals surface area contributed by atoms with Crippen LogP contribution in [0.15, 0.2) is 0 Å². The number of hydrogen-bond donors (Lipinski definition) is 1. The van der Waals surface area contributed by atoms with Crippen molar-refractivity contribution in [3.8, 4) is 0 Å². The molecule has 240 valence electrons.